The summed E-state index contributed by atoms with van der Waals surface area (Å²) in [4.78, 5) is 12.0. The highest BCUT2D eigenvalue weighted by Crippen LogP contribution is 2.30. The van der Waals surface area contributed by atoms with Gasteiger partial charge in [0.1, 0.15) is 10.6 Å². The maximum absolute atomic E-state index is 12.7. The number of carbonyl (C=O) groups excluding carboxylic acids is 1. The number of alkyl halides is 3. The van der Waals surface area contributed by atoms with Crippen molar-refractivity contribution in [3.8, 4) is 11.5 Å². The number of para-hydroxylation sites is 2. The molecule has 3 rings (SSSR count). The fourth-order valence-electron chi connectivity index (χ4n) is 2.80. The molecule has 0 aromatic heterocycles. The zero-order valence-electron chi connectivity index (χ0n) is 17.7. The van der Waals surface area contributed by atoms with Gasteiger partial charge >= 0.3 is 16.3 Å². The minimum Gasteiger partial charge on any atom is -0.493 e. The van der Waals surface area contributed by atoms with Crippen LogP contribution in [-0.4, -0.2) is 27.1 Å². The lowest BCUT2D eigenvalue weighted by Gasteiger charge is -2.11. The van der Waals surface area contributed by atoms with Crippen LogP contribution in [-0.2, 0) is 16.3 Å². The molecule has 0 heterocycles. The fourth-order valence-corrected chi connectivity index (χ4v) is 3.75. The molecule has 11 heteroatoms. The van der Waals surface area contributed by atoms with E-state index in [0.717, 1.165) is 12.1 Å². The summed E-state index contributed by atoms with van der Waals surface area (Å²) < 4.78 is 73.8. The molecule has 0 aliphatic heterocycles. The summed E-state index contributed by atoms with van der Waals surface area (Å²) in [6.07, 6.45) is -3.42. The largest absolute Gasteiger partial charge is 0.493 e. The minimum atomic E-state index is -4.60. The second kappa shape index (κ2) is 10.4. The molecule has 0 unspecified atom stereocenters. The van der Waals surface area contributed by atoms with Crippen LogP contribution in [0.5, 0.6) is 11.5 Å². The number of hydrogen-bond acceptors (Lipinski definition) is 6. The Morgan fingerprint density at radius 2 is 1.59 bits per heavy atom. The van der Waals surface area contributed by atoms with E-state index in [1.807, 2.05) is 0 Å². The number of nitrogens with zero attached hydrogens (tertiary/aromatic N) is 1. The topological polar surface area (TPSA) is 94.1 Å². The molecular formula is C23H19F3N2O5S. The van der Waals surface area contributed by atoms with Crippen LogP contribution >= 0.6 is 0 Å². The average molecular weight is 492 g/mol. The predicted octanol–water partition coefficient (Wildman–Crippen LogP) is 4.64. The molecular weight excluding hydrogens is 473 g/mol. The van der Waals surface area contributed by atoms with E-state index in [0.29, 0.717) is 24.5 Å². The van der Waals surface area contributed by atoms with E-state index < -0.39 is 32.7 Å². The number of halogens is 3. The van der Waals surface area contributed by atoms with Crippen molar-refractivity contribution in [1.82, 2.24) is 5.43 Å². The zero-order chi connectivity index (χ0) is 24.8. The van der Waals surface area contributed by atoms with Crippen LogP contribution in [0.2, 0.25) is 0 Å². The molecule has 1 amide bonds. The Labute approximate surface area is 194 Å². The smallest absolute Gasteiger partial charge is 0.416 e. The van der Waals surface area contributed by atoms with Gasteiger partial charge in [-0.1, -0.05) is 24.3 Å². The van der Waals surface area contributed by atoms with Crippen LogP contribution in [0, 0.1) is 0 Å². The van der Waals surface area contributed by atoms with Crippen molar-refractivity contribution in [1.29, 1.82) is 0 Å². The Morgan fingerprint density at radius 1 is 0.971 bits per heavy atom. The summed E-state index contributed by atoms with van der Waals surface area (Å²) in [7, 11) is -4.43. The summed E-state index contributed by atoms with van der Waals surface area (Å²) in [6.45, 7) is 2.15. The lowest BCUT2D eigenvalue weighted by molar-refractivity contribution is -0.137. The Hall–Kier alpha value is -3.86. The number of rotatable bonds is 8. The molecule has 0 radical (unpaired) electrons. The van der Waals surface area contributed by atoms with Gasteiger partial charge in [0, 0.05) is 5.56 Å². The van der Waals surface area contributed by atoms with Crippen LogP contribution in [0.25, 0.3) is 0 Å². The van der Waals surface area contributed by atoms with Crippen LogP contribution in [0.1, 0.15) is 28.4 Å². The molecule has 0 spiro atoms. The van der Waals surface area contributed by atoms with Crippen molar-refractivity contribution < 1.29 is 35.3 Å². The zero-order valence-corrected chi connectivity index (χ0v) is 18.6. The van der Waals surface area contributed by atoms with E-state index in [2.05, 4.69) is 10.5 Å². The van der Waals surface area contributed by atoms with Crippen molar-refractivity contribution in [3.05, 3.63) is 89.5 Å². The van der Waals surface area contributed by atoms with Gasteiger partial charge in [-0.3, -0.25) is 4.79 Å². The second-order valence-corrected chi connectivity index (χ2v) is 8.27. The summed E-state index contributed by atoms with van der Waals surface area (Å²) in [5.41, 5.74) is 1.81. The summed E-state index contributed by atoms with van der Waals surface area (Å²) in [6, 6.07) is 15.4. The highest BCUT2D eigenvalue weighted by Gasteiger charge is 2.31. The maximum Gasteiger partial charge on any atom is 0.416 e. The monoisotopic (exact) mass is 492 g/mol. The summed E-state index contributed by atoms with van der Waals surface area (Å²) >= 11 is 0. The molecule has 0 aliphatic carbocycles. The van der Waals surface area contributed by atoms with Gasteiger partial charge < -0.3 is 8.92 Å². The molecule has 1 N–H and O–H groups in total. The van der Waals surface area contributed by atoms with Gasteiger partial charge in [-0.25, -0.2) is 5.43 Å². The molecule has 34 heavy (non-hydrogen) atoms. The van der Waals surface area contributed by atoms with Crippen molar-refractivity contribution in [2.24, 2.45) is 5.10 Å². The standard InChI is InChI=1S/C23H19F3N2O5S/c1-2-32-21-10-6-4-8-19(21)22(29)28-27-15-16-7-3-5-9-20(16)33-34(30,31)18-13-11-17(12-14-18)23(24,25)26/h3-15H,2H2,1H3,(H,28,29). The molecule has 3 aromatic rings. The Bertz CT molecular complexity index is 1290. The number of hydrogen-bond donors (Lipinski definition) is 1. The first-order valence-electron chi connectivity index (χ1n) is 9.88. The molecule has 0 fully saturated rings. The van der Waals surface area contributed by atoms with Crippen molar-refractivity contribution >= 4 is 22.2 Å². The fraction of sp³-hybridized carbons (Fsp3) is 0.130. The molecule has 0 saturated heterocycles. The highest BCUT2D eigenvalue weighted by atomic mass is 32.2. The van der Waals surface area contributed by atoms with E-state index >= 15 is 0 Å². The number of hydrazone groups is 1. The quantitative estimate of drug-likeness (QED) is 0.281. The van der Waals surface area contributed by atoms with Crippen LogP contribution < -0.4 is 14.3 Å². The normalized spacial score (nSPS) is 11.9. The average Bonchev–Trinajstić information content (AvgIpc) is 2.80. The van der Waals surface area contributed by atoms with Gasteiger partial charge in [-0.05, 0) is 55.5 Å². The first-order chi connectivity index (χ1) is 16.1. The Balaban J connectivity index is 1.76. The Kier molecular flexibility index (Phi) is 7.57. The van der Waals surface area contributed by atoms with Crippen molar-refractivity contribution in [2.75, 3.05) is 6.61 Å². The van der Waals surface area contributed by atoms with Gasteiger partial charge in [0.25, 0.3) is 5.91 Å². The first kappa shape index (κ1) is 24.8. The highest BCUT2D eigenvalue weighted by molar-refractivity contribution is 7.87. The van der Waals surface area contributed by atoms with Crippen LogP contribution in [0.3, 0.4) is 0 Å². The maximum atomic E-state index is 12.7. The molecule has 178 valence electrons. The molecule has 0 aliphatic rings. The van der Waals surface area contributed by atoms with Gasteiger partial charge in [-0.15, -0.1) is 0 Å². The first-order valence-corrected chi connectivity index (χ1v) is 11.3. The van der Waals surface area contributed by atoms with Gasteiger partial charge in [-0.2, -0.15) is 26.7 Å². The van der Waals surface area contributed by atoms with Gasteiger partial charge in [0.15, 0.2) is 5.75 Å². The van der Waals surface area contributed by atoms with Gasteiger partial charge in [0.2, 0.25) is 0 Å². The second-order valence-electron chi connectivity index (χ2n) is 6.73. The third-order valence-corrected chi connectivity index (χ3v) is 5.64. The number of nitrogens with one attached hydrogen (secondary N) is 1. The van der Waals surface area contributed by atoms with E-state index in [9.17, 15) is 26.4 Å². The third kappa shape index (κ3) is 6.13. The number of benzene rings is 3. The lowest BCUT2D eigenvalue weighted by atomic mass is 10.2. The van der Waals surface area contributed by atoms with Crippen molar-refractivity contribution in [2.45, 2.75) is 18.0 Å². The SMILES string of the molecule is CCOc1ccccc1C(=O)NN=Cc1ccccc1OS(=O)(=O)c1ccc(C(F)(F)F)cc1. The molecule has 7 nitrogen and oxygen atoms in total. The van der Waals surface area contributed by atoms with Crippen LogP contribution in [0.15, 0.2) is 82.8 Å². The van der Waals surface area contributed by atoms with Gasteiger partial charge in [0.05, 0.1) is 23.9 Å². The summed E-state index contributed by atoms with van der Waals surface area (Å²) in [5, 5.41) is 3.84. The van der Waals surface area contributed by atoms with E-state index in [1.165, 1.54) is 24.4 Å². The molecule has 0 atom stereocenters. The predicted molar refractivity (Wildman–Crippen MR) is 118 cm³/mol. The number of ether oxygens (including phenoxy) is 1. The van der Waals surface area contributed by atoms with E-state index in [4.69, 9.17) is 8.92 Å². The number of carbonyl (C=O) groups is 1. The molecule has 0 bridgehead atoms. The van der Waals surface area contributed by atoms with Crippen molar-refractivity contribution in [3.63, 3.8) is 0 Å². The number of amides is 1. The minimum absolute atomic E-state index is 0.130. The third-order valence-electron chi connectivity index (χ3n) is 4.39. The van der Waals surface area contributed by atoms with Crippen LogP contribution in [0.4, 0.5) is 13.2 Å². The lowest BCUT2D eigenvalue weighted by Crippen LogP contribution is -2.19. The van der Waals surface area contributed by atoms with E-state index in [1.54, 1.807) is 37.3 Å². The molecule has 3 aromatic carbocycles. The summed E-state index contributed by atoms with van der Waals surface area (Å²) in [5.74, 6) is -0.296. The molecule has 0 saturated carbocycles. The van der Waals surface area contributed by atoms with E-state index in [-0.39, 0.29) is 16.9 Å². The Morgan fingerprint density at radius 3 is 2.24 bits per heavy atom.